The van der Waals surface area contributed by atoms with Crippen LogP contribution in [0, 0.1) is 0 Å². The van der Waals surface area contributed by atoms with Crippen LogP contribution < -0.4 is 36.6 Å². The summed E-state index contributed by atoms with van der Waals surface area (Å²) in [6.45, 7) is 11.3. The van der Waals surface area contributed by atoms with Crippen molar-refractivity contribution in [2.45, 2.75) is 110 Å². The first-order chi connectivity index (χ1) is 33.5. The summed E-state index contributed by atoms with van der Waals surface area (Å²) in [5, 5.41) is 29.4. The van der Waals surface area contributed by atoms with Gasteiger partial charge in [0.15, 0.2) is 23.6 Å². The molecular weight excluding hydrogens is 995 g/mol. The number of aliphatic hydroxyl groups is 2. The lowest BCUT2D eigenvalue weighted by atomic mass is 10.1. The molecule has 0 aliphatic carbocycles. The molecule has 70 heavy (non-hydrogen) atoms. The maximum Gasteiger partial charge on any atom is 0.281 e. The van der Waals surface area contributed by atoms with Crippen LogP contribution in [0.5, 0.6) is 0 Å². The zero-order valence-electron chi connectivity index (χ0n) is 40.3. The third-order valence-electron chi connectivity index (χ3n) is 12.7. The summed E-state index contributed by atoms with van der Waals surface area (Å²) >= 11 is 10.5. The molecule has 8 heterocycles. The second-order valence-corrected chi connectivity index (χ2v) is 22.2. The number of hydrogen-bond acceptors (Lipinski definition) is 21. The zero-order valence-corrected chi connectivity index (χ0v) is 43.8. The minimum Gasteiger partial charge on any atom is -0.780 e. The molecule has 0 radical (unpaired) electrons. The van der Waals surface area contributed by atoms with Gasteiger partial charge in [0.05, 0.1) is 83.9 Å². The highest BCUT2D eigenvalue weighted by atomic mass is 32.7. The Balaban J connectivity index is 0.000000503. The van der Waals surface area contributed by atoms with Crippen LogP contribution in [-0.4, -0.2) is 165 Å². The Bertz CT molecular complexity index is 2470. The van der Waals surface area contributed by atoms with Crippen LogP contribution in [0.25, 0.3) is 22.2 Å². The van der Waals surface area contributed by atoms with Gasteiger partial charge in [-0.3, -0.25) is 23.3 Å². The van der Waals surface area contributed by atoms with Gasteiger partial charge >= 0.3 is 0 Å². The first-order valence-electron chi connectivity index (χ1n) is 23.7. The van der Waals surface area contributed by atoms with Crippen LogP contribution in [-0.2, 0) is 78.7 Å². The van der Waals surface area contributed by atoms with Crippen molar-refractivity contribution in [3.8, 4) is 0 Å². The number of carbonyl (C=O) groups excluding carboxylic acids is 1. The van der Waals surface area contributed by atoms with Gasteiger partial charge in [0.1, 0.15) is 74.2 Å². The fraction of sp³-hybridized carbons (Fsp3) is 0.707. The molecule has 29 heteroatoms. The van der Waals surface area contributed by atoms with E-state index in [1.54, 1.807) is 20.6 Å². The average molecular weight is 1060 g/mol. The van der Waals surface area contributed by atoms with Crippen LogP contribution in [0.15, 0.2) is 30.0 Å². The number of amides is 1. The fourth-order valence-electron chi connectivity index (χ4n) is 8.49. The highest BCUT2D eigenvalue weighted by molar-refractivity contribution is 8.32. The molecule has 4 aromatic rings. The predicted octanol–water partition coefficient (Wildman–Crippen LogP) is -2.12. The van der Waals surface area contributed by atoms with Crippen LogP contribution in [0.4, 0.5) is 5.82 Å². The second kappa shape index (κ2) is 25.7. The number of rotatable bonds is 14. The molecule has 4 aromatic heterocycles. The Kier molecular flexibility index (Phi) is 20.7. The summed E-state index contributed by atoms with van der Waals surface area (Å²) in [4.78, 5) is 58.9. The van der Waals surface area contributed by atoms with E-state index in [0.717, 1.165) is 23.9 Å². The minimum atomic E-state index is -4.53. The summed E-state index contributed by atoms with van der Waals surface area (Å²) in [5.74, 6) is 0.227. The van der Waals surface area contributed by atoms with Gasteiger partial charge in [-0.2, -0.15) is 0 Å². The summed E-state index contributed by atoms with van der Waals surface area (Å²) in [7, 11) is 0. The van der Waals surface area contributed by atoms with E-state index in [4.69, 9.17) is 62.1 Å². The van der Waals surface area contributed by atoms with Gasteiger partial charge in [-0.05, 0) is 59.9 Å². The molecule has 392 valence electrons. The second-order valence-electron chi connectivity index (χ2n) is 16.8. The smallest absolute Gasteiger partial charge is 0.281 e. The summed E-state index contributed by atoms with van der Waals surface area (Å²) in [6, 6.07) is 0. The number of ether oxygens (including phenoxy) is 3. The Morgan fingerprint density at radius 2 is 1.60 bits per heavy atom. The molecule has 0 saturated carbocycles. The van der Waals surface area contributed by atoms with Crippen molar-refractivity contribution in [2.24, 2.45) is 5.73 Å². The number of fused-ring (bicyclic) bond motifs is 4. The number of nitrogens with two attached hydrogens (primary N) is 1. The van der Waals surface area contributed by atoms with E-state index >= 15 is 0 Å². The number of aliphatic hydroxyl groups excluding tert-OH is 2. The van der Waals surface area contributed by atoms with E-state index in [1.807, 2.05) is 0 Å². The van der Waals surface area contributed by atoms with Gasteiger partial charge in [0.2, 0.25) is 12.7 Å². The molecule has 4 aliphatic heterocycles. The van der Waals surface area contributed by atoms with Crippen LogP contribution in [0.2, 0.25) is 0 Å². The summed E-state index contributed by atoms with van der Waals surface area (Å²) in [6.07, 6.45) is -4.06. The van der Waals surface area contributed by atoms with E-state index in [9.17, 15) is 29.3 Å². The standard InChI is InChI=1S/C29H38N10O13P2S2.2C6H15N/c30-6-17(40)36-13-46-5-4-37-11-35-26-19(27(37)43)34-12-39(26)29-23-20(41)15(49-29)8-47-53(44,55)51-22-16(9-48-54(45,56)52-23)50-28(21(22)42)38-7-14-2-1-3-31-24-18(14)25(38)33-10-32-24;2*1-4-7(5-2)6-3/h7,10-12,15-16,20-23,28-29,41-42H,1-6,8-9,13,30H2,(H,36,40)(H,44,55)(H,45,56)(H,31,32,33);2*4-6H2,1-3H3/t15-,16-,20-,21-,22-,23-,28-,29-,53?,54?;;/m1../s1. The number of nitrogens with one attached hydrogen (secondary N) is 4. The largest absolute Gasteiger partial charge is 0.780 e. The molecule has 1 amide bonds. The first kappa shape index (κ1) is 56.2. The number of nitrogens with zero attached hydrogens (tertiary/aromatic N) is 7. The number of aryl methyl sites for hydroxylation is 1. The summed E-state index contributed by atoms with van der Waals surface area (Å²) < 4.78 is 58.1. The first-order valence-corrected chi connectivity index (χ1v) is 28.8. The number of aromatic nitrogens is 7. The van der Waals surface area contributed by atoms with Crippen molar-refractivity contribution in [2.75, 3.05) is 84.2 Å². The third-order valence-corrected chi connectivity index (χ3v) is 15.7. The Hall–Kier alpha value is -3.05. The normalized spacial score (nSPS) is 28.9. The highest BCUT2D eigenvalue weighted by Crippen LogP contribution is 2.54. The lowest BCUT2D eigenvalue weighted by Gasteiger charge is -2.34. The molecule has 2 unspecified atom stereocenters. The van der Waals surface area contributed by atoms with E-state index in [-0.39, 0.29) is 37.6 Å². The molecule has 0 spiro atoms. The van der Waals surface area contributed by atoms with E-state index in [1.165, 1.54) is 67.4 Å². The van der Waals surface area contributed by atoms with Crippen LogP contribution >= 0.6 is 13.5 Å². The van der Waals surface area contributed by atoms with Crippen molar-refractivity contribution in [1.29, 1.82) is 0 Å². The Morgan fingerprint density at radius 1 is 0.929 bits per heavy atom. The number of imidazole rings is 1. The molecule has 0 aromatic carbocycles. The third kappa shape index (κ3) is 13.6. The quantitative estimate of drug-likeness (QED) is 0.0307. The fourth-order valence-corrected chi connectivity index (χ4v) is 11.3. The maximum atomic E-state index is 13.8. The molecule has 8 N–H and O–H groups in total. The molecule has 10 atom stereocenters. The van der Waals surface area contributed by atoms with E-state index in [0.29, 0.717) is 17.9 Å². The van der Waals surface area contributed by atoms with Crippen molar-refractivity contribution >= 4 is 71.5 Å². The van der Waals surface area contributed by atoms with Crippen molar-refractivity contribution in [1.82, 2.24) is 39.0 Å². The minimum absolute atomic E-state index is 0.00957. The number of anilines is 1. The predicted molar refractivity (Wildman–Crippen MR) is 260 cm³/mol. The Morgan fingerprint density at radius 3 is 2.26 bits per heavy atom. The van der Waals surface area contributed by atoms with Crippen LogP contribution in [0.1, 0.15) is 66.0 Å². The van der Waals surface area contributed by atoms with E-state index < -0.39 is 87.3 Å². The molecule has 3 saturated heterocycles. The molecule has 4 aliphatic rings. The van der Waals surface area contributed by atoms with Crippen LogP contribution in [0.3, 0.4) is 0 Å². The monoisotopic (exact) mass is 1060 g/mol. The van der Waals surface area contributed by atoms with Gasteiger partial charge in [0, 0.05) is 12.7 Å². The molecule has 8 rings (SSSR count). The number of hydrogen-bond donors (Lipinski definition) is 7. The lowest BCUT2D eigenvalue weighted by Crippen LogP contribution is -3.11. The maximum absolute atomic E-state index is 13.8. The highest BCUT2D eigenvalue weighted by Gasteiger charge is 2.51. The van der Waals surface area contributed by atoms with Gasteiger partial charge < -0.3 is 90.4 Å². The topological polar surface area (TPSA) is 305 Å². The molecular formula is C41H68N12O13P2S2. The lowest BCUT2D eigenvalue weighted by molar-refractivity contribution is -0.894. The number of quaternary nitrogens is 2. The Labute approximate surface area is 416 Å². The van der Waals surface area contributed by atoms with Gasteiger partial charge in [-0.25, -0.2) is 19.9 Å². The molecule has 2 bridgehead atoms. The zero-order chi connectivity index (χ0) is 50.8. The van der Waals surface area contributed by atoms with Gasteiger partial charge in [-0.15, -0.1) is 0 Å². The van der Waals surface area contributed by atoms with Crippen molar-refractivity contribution in [3.05, 3.63) is 41.1 Å². The molecule has 25 nitrogen and oxygen atoms in total. The molecule has 3 fully saturated rings. The van der Waals surface area contributed by atoms with Crippen molar-refractivity contribution < 1.29 is 66.6 Å². The average Bonchev–Trinajstić information content (AvgIpc) is 4.06. The van der Waals surface area contributed by atoms with Gasteiger partial charge in [-0.1, -0.05) is 11.8 Å². The summed E-state index contributed by atoms with van der Waals surface area (Å²) in [5.41, 5.74) is 5.99. The SMILES string of the molecule is CC[NH+](CC)CC.CC[NH+](CC)CC.NCC(=O)NCOCCn1cnc2c(ncn2[C@@H]2O[C@@H]3COP([O-])(=S)O[C@H]4[C@@H](O)[C@H](n5cc6c7c(ncnc75)NCCC6)O[C@@H]4COP(=O)([S-])O[C@@H]2[C@@H]3O)c1=O. The van der Waals surface area contributed by atoms with E-state index in [2.05, 4.69) is 72.1 Å². The van der Waals surface area contributed by atoms with Gasteiger partial charge in [0.25, 0.3) is 5.56 Å². The van der Waals surface area contributed by atoms with Crippen molar-refractivity contribution in [3.63, 3.8) is 0 Å². The number of carbonyl (C=O) groups is 1.